The minimum absolute atomic E-state index is 0.120. The molecule has 17 heavy (non-hydrogen) atoms. The Hall–Kier alpha value is -0.380. The largest absolute Gasteiger partial charge is 0.573 e. The number of rotatable bonds is 3. The molecule has 1 aromatic rings. The summed E-state index contributed by atoms with van der Waals surface area (Å²) in [6.45, 7) is 0. The van der Waals surface area contributed by atoms with Crippen molar-refractivity contribution in [3.8, 4) is 5.75 Å². The van der Waals surface area contributed by atoms with Crippen molar-refractivity contribution in [3.63, 3.8) is 0 Å². The summed E-state index contributed by atoms with van der Waals surface area (Å²) in [4.78, 5) is 3.53. The predicted octanol–water partition coefficient (Wildman–Crippen LogP) is 4.26. The zero-order valence-corrected chi connectivity index (χ0v) is 10.8. The van der Waals surface area contributed by atoms with E-state index < -0.39 is 30.0 Å². The van der Waals surface area contributed by atoms with Gasteiger partial charge in [-0.1, -0.05) is 0 Å². The number of hydrogen-bond donors (Lipinski definition) is 0. The van der Waals surface area contributed by atoms with Crippen LogP contribution in [0.2, 0.25) is 0 Å². The third-order valence-corrected chi connectivity index (χ3v) is 2.77. The summed E-state index contributed by atoms with van der Waals surface area (Å²) in [6.07, 6.45) is -7.16. The third kappa shape index (κ3) is 3.80. The Labute approximate surface area is 111 Å². The lowest BCUT2D eigenvalue weighted by atomic mass is 10.2. The second-order valence-corrected chi connectivity index (χ2v) is 4.21. The molecule has 0 amide bonds. The van der Waals surface area contributed by atoms with Gasteiger partial charge in [0.2, 0.25) is 0 Å². The van der Waals surface area contributed by atoms with E-state index in [1.807, 2.05) is 0 Å². The van der Waals surface area contributed by atoms with Crippen molar-refractivity contribution in [2.75, 3.05) is 0 Å². The van der Waals surface area contributed by atoms with Gasteiger partial charge in [0.05, 0.1) is 17.1 Å². The molecule has 0 aliphatic heterocycles. The molecule has 0 atom stereocenters. The molecule has 0 bridgehead atoms. The van der Waals surface area contributed by atoms with Crippen LogP contribution in [0, 0.1) is 3.57 Å². The minimum atomic E-state index is -5.07. The molecule has 0 unspecified atom stereocenters. The van der Waals surface area contributed by atoms with Crippen LogP contribution in [-0.2, 0) is 5.88 Å². The maximum atomic E-state index is 12.7. The van der Waals surface area contributed by atoms with Gasteiger partial charge in [0, 0.05) is 9.77 Å². The van der Waals surface area contributed by atoms with Gasteiger partial charge in [-0.15, -0.1) is 24.8 Å². The molecular formula is C8H4ClF5INO. The Morgan fingerprint density at radius 2 is 2.00 bits per heavy atom. The number of halogens is 7. The molecule has 0 spiro atoms. The Morgan fingerprint density at radius 1 is 1.41 bits per heavy atom. The number of nitrogens with zero attached hydrogens (tertiary/aromatic N) is 1. The van der Waals surface area contributed by atoms with E-state index in [4.69, 9.17) is 11.6 Å². The first kappa shape index (κ1) is 14.7. The highest BCUT2D eigenvalue weighted by atomic mass is 127. The number of ether oxygens (including phenoxy) is 1. The normalized spacial score (nSPS) is 12.0. The standard InChI is InChI=1S/C8H4ClF5INO/c9-1-4-6(17-8(12,13)14)5(7(10)11)3(15)2-16-4/h2,7H,1H2. The van der Waals surface area contributed by atoms with E-state index in [9.17, 15) is 22.0 Å². The highest BCUT2D eigenvalue weighted by Crippen LogP contribution is 2.38. The molecule has 96 valence electrons. The van der Waals surface area contributed by atoms with E-state index in [0.29, 0.717) is 0 Å². The Kier molecular flexibility index (Phi) is 4.76. The van der Waals surface area contributed by atoms with Gasteiger partial charge in [0.15, 0.2) is 5.75 Å². The van der Waals surface area contributed by atoms with Gasteiger partial charge < -0.3 is 4.74 Å². The quantitative estimate of drug-likeness (QED) is 0.439. The fourth-order valence-electron chi connectivity index (χ4n) is 1.05. The molecule has 0 aromatic carbocycles. The van der Waals surface area contributed by atoms with Crippen LogP contribution in [0.1, 0.15) is 17.7 Å². The molecule has 1 rings (SSSR count). The lowest BCUT2D eigenvalue weighted by Crippen LogP contribution is -2.20. The highest BCUT2D eigenvalue weighted by Gasteiger charge is 2.35. The Balaban J connectivity index is 3.35. The van der Waals surface area contributed by atoms with Crippen molar-refractivity contribution in [1.29, 1.82) is 0 Å². The number of hydrogen-bond acceptors (Lipinski definition) is 2. The lowest BCUT2D eigenvalue weighted by Gasteiger charge is -2.16. The monoisotopic (exact) mass is 387 g/mol. The lowest BCUT2D eigenvalue weighted by molar-refractivity contribution is -0.275. The molecule has 0 saturated heterocycles. The maximum absolute atomic E-state index is 12.7. The Bertz CT molecular complexity index is 412. The van der Waals surface area contributed by atoms with E-state index in [0.717, 1.165) is 6.20 Å². The molecule has 9 heteroatoms. The minimum Gasteiger partial charge on any atom is -0.403 e. The molecule has 0 N–H and O–H groups in total. The SMILES string of the molecule is FC(F)c1c(I)cnc(CCl)c1OC(F)(F)F. The number of aromatic nitrogens is 1. The van der Waals surface area contributed by atoms with E-state index in [1.54, 1.807) is 0 Å². The summed E-state index contributed by atoms with van der Waals surface area (Å²) in [6, 6.07) is 0. The van der Waals surface area contributed by atoms with Crippen molar-refractivity contribution >= 4 is 34.2 Å². The van der Waals surface area contributed by atoms with Gasteiger partial charge in [-0.05, 0) is 22.6 Å². The van der Waals surface area contributed by atoms with Crippen LogP contribution in [0.4, 0.5) is 22.0 Å². The van der Waals surface area contributed by atoms with Crippen molar-refractivity contribution in [1.82, 2.24) is 4.98 Å². The molecule has 0 radical (unpaired) electrons. The zero-order chi connectivity index (χ0) is 13.2. The zero-order valence-electron chi connectivity index (χ0n) is 7.86. The highest BCUT2D eigenvalue weighted by molar-refractivity contribution is 14.1. The van der Waals surface area contributed by atoms with Crippen LogP contribution in [-0.4, -0.2) is 11.3 Å². The van der Waals surface area contributed by atoms with E-state index in [1.165, 1.54) is 22.6 Å². The summed E-state index contributed by atoms with van der Waals surface area (Å²) in [5.41, 5.74) is -1.23. The van der Waals surface area contributed by atoms with Crippen LogP contribution in [0.3, 0.4) is 0 Å². The van der Waals surface area contributed by atoms with Crippen molar-refractivity contribution in [2.24, 2.45) is 0 Å². The molecule has 0 fully saturated rings. The summed E-state index contributed by atoms with van der Waals surface area (Å²) >= 11 is 6.79. The average Bonchev–Trinajstić information content (AvgIpc) is 2.15. The molecule has 1 heterocycles. The average molecular weight is 387 g/mol. The van der Waals surface area contributed by atoms with Crippen LogP contribution in [0.25, 0.3) is 0 Å². The van der Waals surface area contributed by atoms with Gasteiger partial charge in [-0.25, -0.2) is 8.78 Å². The second-order valence-electron chi connectivity index (χ2n) is 2.78. The second kappa shape index (κ2) is 5.51. The molecule has 0 aliphatic carbocycles. The van der Waals surface area contributed by atoms with Crippen LogP contribution < -0.4 is 4.74 Å². The molecule has 0 aliphatic rings. The smallest absolute Gasteiger partial charge is 0.403 e. The third-order valence-electron chi connectivity index (χ3n) is 1.66. The number of alkyl halides is 6. The molecular weight excluding hydrogens is 383 g/mol. The van der Waals surface area contributed by atoms with Crippen LogP contribution >= 0.6 is 34.2 Å². The van der Waals surface area contributed by atoms with Gasteiger partial charge in [-0.3, -0.25) is 4.98 Å². The fraction of sp³-hybridized carbons (Fsp3) is 0.375. The van der Waals surface area contributed by atoms with Gasteiger partial charge >= 0.3 is 6.36 Å². The van der Waals surface area contributed by atoms with E-state index in [-0.39, 0.29) is 9.26 Å². The number of pyridine rings is 1. The van der Waals surface area contributed by atoms with Crippen LogP contribution in [0.5, 0.6) is 5.75 Å². The van der Waals surface area contributed by atoms with E-state index >= 15 is 0 Å². The van der Waals surface area contributed by atoms with Crippen molar-refractivity contribution in [2.45, 2.75) is 18.7 Å². The maximum Gasteiger partial charge on any atom is 0.573 e. The Morgan fingerprint density at radius 3 is 2.41 bits per heavy atom. The summed E-state index contributed by atoms with van der Waals surface area (Å²) in [5.74, 6) is -1.48. The molecule has 0 saturated carbocycles. The first-order valence-corrected chi connectivity index (χ1v) is 5.64. The predicted molar refractivity (Wildman–Crippen MR) is 58.2 cm³/mol. The van der Waals surface area contributed by atoms with E-state index in [2.05, 4.69) is 9.72 Å². The molecule has 2 nitrogen and oxygen atoms in total. The summed E-state index contributed by atoms with van der Waals surface area (Å²) < 4.78 is 65.0. The van der Waals surface area contributed by atoms with Gasteiger partial charge in [-0.2, -0.15) is 0 Å². The first-order valence-electron chi connectivity index (χ1n) is 4.03. The fourth-order valence-corrected chi connectivity index (χ4v) is 1.86. The van der Waals surface area contributed by atoms with Gasteiger partial charge in [0.1, 0.15) is 0 Å². The summed E-state index contributed by atoms with van der Waals surface area (Å²) in [5, 5.41) is 0. The van der Waals surface area contributed by atoms with Crippen molar-refractivity contribution in [3.05, 3.63) is 21.0 Å². The topological polar surface area (TPSA) is 22.1 Å². The first-order chi connectivity index (χ1) is 7.76. The summed E-state index contributed by atoms with van der Waals surface area (Å²) in [7, 11) is 0. The van der Waals surface area contributed by atoms with Crippen molar-refractivity contribution < 1.29 is 26.7 Å². The van der Waals surface area contributed by atoms with Crippen LogP contribution in [0.15, 0.2) is 6.20 Å². The van der Waals surface area contributed by atoms with Gasteiger partial charge in [0.25, 0.3) is 6.43 Å². The molecule has 1 aromatic heterocycles.